The normalized spacial score (nSPS) is 14.9. The molecule has 0 bridgehead atoms. The zero-order valence-electron chi connectivity index (χ0n) is 17.7. The molecule has 2 aromatic carbocycles. The fourth-order valence-electron chi connectivity index (χ4n) is 3.66. The molecule has 0 spiro atoms. The van der Waals surface area contributed by atoms with E-state index in [9.17, 15) is 17.6 Å². The SMILES string of the molecule is CS(=O)(=O)N(Cc1ccc(F)cc1)c1ccc(C(=O)NCCSC2CCCCC2)cc1. The molecule has 31 heavy (non-hydrogen) atoms. The zero-order chi connectivity index (χ0) is 22.3. The molecule has 0 aliphatic heterocycles. The summed E-state index contributed by atoms with van der Waals surface area (Å²) in [4.78, 5) is 12.4. The number of thioether (sulfide) groups is 1. The van der Waals surface area contributed by atoms with E-state index in [1.165, 1.54) is 48.5 Å². The van der Waals surface area contributed by atoms with Crippen molar-refractivity contribution in [1.82, 2.24) is 5.32 Å². The molecule has 168 valence electrons. The first-order valence-electron chi connectivity index (χ1n) is 10.5. The highest BCUT2D eigenvalue weighted by Gasteiger charge is 2.19. The summed E-state index contributed by atoms with van der Waals surface area (Å²) < 4.78 is 39.0. The van der Waals surface area contributed by atoms with E-state index >= 15 is 0 Å². The average Bonchev–Trinajstić information content (AvgIpc) is 2.76. The van der Waals surface area contributed by atoms with Gasteiger partial charge in [-0.25, -0.2) is 12.8 Å². The van der Waals surface area contributed by atoms with Crippen LogP contribution in [-0.4, -0.2) is 38.1 Å². The lowest BCUT2D eigenvalue weighted by Crippen LogP contribution is -2.29. The minimum Gasteiger partial charge on any atom is -0.351 e. The van der Waals surface area contributed by atoms with Gasteiger partial charge in [-0.15, -0.1) is 0 Å². The van der Waals surface area contributed by atoms with Crippen LogP contribution in [0.5, 0.6) is 0 Å². The van der Waals surface area contributed by atoms with Gasteiger partial charge < -0.3 is 5.32 Å². The van der Waals surface area contributed by atoms with E-state index in [2.05, 4.69) is 5.32 Å². The van der Waals surface area contributed by atoms with Gasteiger partial charge in [-0.2, -0.15) is 11.8 Å². The Hall–Kier alpha value is -2.06. The first-order valence-corrected chi connectivity index (χ1v) is 13.4. The first kappa shape index (κ1) is 23.6. The van der Waals surface area contributed by atoms with Crippen LogP contribution < -0.4 is 9.62 Å². The molecule has 5 nitrogen and oxygen atoms in total. The van der Waals surface area contributed by atoms with Crippen LogP contribution in [0.25, 0.3) is 0 Å². The lowest BCUT2D eigenvalue weighted by Gasteiger charge is -2.23. The largest absolute Gasteiger partial charge is 0.351 e. The molecule has 1 fully saturated rings. The molecule has 1 N–H and O–H groups in total. The van der Waals surface area contributed by atoms with Crippen molar-refractivity contribution in [3.05, 3.63) is 65.5 Å². The maximum Gasteiger partial charge on any atom is 0.251 e. The number of carbonyl (C=O) groups is 1. The van der Waals surface area contributed by atoms with Crippen LogP contribution >= 0.6 is 11.8 Å². The molecule has 3 rings (SSSR count). The minimum atomic E-state index is -3.55. The molecule has 1 aliphatic carbocycles. The smallest absolute Gasteiger partial charge is 0.251 e. The second kappa shape index (κ2) is 11.0. The molecule has 1 amide bonds. The zero-order valence-corrected chi connectivity index (χ0v) is 19.4. The second-order valence-electron chi connectivity index (χ2n) is 7.83. The maximum absolute atomic E-state index is 13.1. The van der Waals surface area contributed by atoms with E-state index < -0.39 is 10.0 Å². The van der Waals surface area contributed by atoms with Gasteiger partial charge in [-0.1, -0.05) is 31.4 Å². The third kappa shape index (κ3) is 7.25. The molecule has 1 aliphatic rings. The summed E-state index contributed by atoms with van der Waals surface area (Å²) in [5, 5.41) is 3.65. The number of halogens is 1. The summed E-state index contributed by atoms with van der Waals surface area (Å²) in [7, 11) is -3.55. The van der Waals surface area contributed by atoms with Crippen molar-refractivity contribution in [2.24, 2.45) is 0 Å². The van der Waals surface area contributed by atoms with Gasteiger partial charge in [0.25, 0.3) is 5.91 Å². The van der Waals surface area contributed by atoms with E-state index in [4.69, 9.17) is 0 Å². The van der Waals surface area contributed by atoms with E-state index in [1.807, 2.05) is 11.8 Å². The van der Waals surface area contributed by atoms with Gasteiger partial charge in [0.05, 0.1) is 18.5 Å². The predicted molar refractivity (Wildman–Crippen MR) is 126 cm³/mol. The molecule has 0 radical (unpaired) electrons. The van der Waals surface area contributed by atoms with Crippen LogP contribution in [0.4, 0.5) is 10.1 Å². The van der Waals surface area contributed by atoms with Crippen molar-refractivity contribution < 1.29 is 17.6 Å². The number of hydrogen-bond donors (Lipinski definition) is 1. The summed E-state index contributed by atoms with van der Waals surface area (Å²) in [5.41, 5.74) is 1.61. The van der Waals surface area contributed by atoms with Crippen LogP contribution in [0.3, 0.4) is 0 Å². The van der Waals surface area contributed by atoms with Crippen LogP contribution in [0, 0.1) is 5.82 Å². The van der Waals surface area contributed by atoms with Gasteiger partial charge in [0.2, 0.25) is 10.0 Å². The van der Waals surface area contributed by atoms with Crippen molar-refractivity contribution in [2.75, 3.05) is 22.9 Å². The molecule has 8 heteroatoms. The van der Waals surface area contributed by atoms with Gasteiger partial charge in [0, 0.05) is 23.1 Å². The van der Waals surface area contributed by atoms with Crippen LogP contribution in [0.15, 0.2) is 48.5 Å². The molecular formula is C23H29FN2O3S2. The number of hydrogen-bond acceptors (Lipinski definition) is 4. The highest BCUT2D eigenvalue weighted by Crippen LogP contribution is 2.27. The summed E-state index contributed by atoms with van der Waals surface area (Å²) in [5.74, 6) is 0.357. The highest BCUT2D eigenvalue weighted by atomic mass is 32.2. The number of anilines is 1. The molecular weight excluding hydrogens is 435 g/mol. The highest BCUT2D eigenvalue weighted by molar-refractivity contribution is 7.99. The molecule has 0 unspecified atom stereocenters. The van der Waals surface area contributed by atoms with Crippen molar-refractivity contribution in [1.29, 1.82) is 0 Å². The maximum atomic E-state index is 13.1. The molecule has 0 atom stereocenters. The average molecular weight is 465 g/mol. The Balaban J connectivity index is 1.57. The molecule has 1 saturated carbocycles. The Morgan fingerprint density at radius 1 is 1.06 bits per heavy atom. The lowest BCUT2D eigenvalue weighted by molar-refractivity contribution is 0.0956. The summed E-state index contributed by atoms with van der Waals surface area (Å²) in [6.07, 6.45) is 7.62. The Bertz CT molecular complexity index is 957. The van der Waals surface area contributed by atoms with Gasteiger partial charge >= 0.3 is 0 Å². The molecule has 0 heterocycles. The van der Waals surface area contributed by atoms with Crippen LogP contribution in [0.1, 0.15) is 48.0 Å². The topological polar surface area (TPSA) is 66.5 Å². The lowest BCUT2D eigenvalue weighted by atomic mass is 10.0. The van der Waals surface area contributed by atoms with E-state index in [0.29, 0.717) is 28.6 Å². The number of carbonyl (C=O) groups excluding carboxylic acids is 1. The van der Waals surface area contributed by atoms with Crippen LogP contribution in [-0.2, 0) is 16.6 Å². The summed E-state index contributed by atoms with van der Waals surface area (Å²) in [6.45, 7) is 0.699. The predicted octanol–water partition coefficient (Wildman–Crippen LogP) is 4.59. The number of amides is 1. The number of sulfonamides is 1. The Kier molecular flexibility index (Phi) is 8.37. The second-order valence-corrected chi connectivity index (χ2v) is 11.1. The quantitative estimate of drug-likeness (QED) is 0.552. The fourth-order valence-corrected chi connectivity index (χ4v) is 5.77. The van der Waals surface area contributed by atoms with Gasteiger partial charge in [0.1, 0.15) is 5.82 Å². The fraction of sp³-hybridized carbons (Fsp3) is 0.435. The van der Waals surface area contributed by atoms with Crippen molar-refractivity contribution >= 4 is 33.4 Å². The van der Waals surface area contributed by atoms with E-state index in [0.717, 1.165) is 12.0 Å². The van der Waals surface area contributed by atoms with Crippen molar-refractivity contribution in [3.8, 4) is 0 Å². The Labute approximate surface area is 188 Å². The summed E-state index contributed by atoms with van der Waals surface area (Å²) >= 11 is 1.93. The standard InChI is InChI=1S/C23H29FN2O3S2/c1-31(28,29)26(17-18-7-11-20(24)12-8-18)21-13-9-19(10-14-21)23(27)25-15-16-30-22-5-3-2-4-6-22/h7-14,22H,2-6,15-17H2,1H3,(H,25,27). The van der Waals surface area contributed by atoms with Crippen molar-refractivity contribution in [2.45, 2.75) is 43.9 Å². The minimum absolute atomic E-state index is 0.0864. The summed E-state index contributed by atoms with van der Waals surface area (Å²) in [6, 6.07) is 12.2. The molecule has 0 saturated heterocycles. The number of rotatable bonds is 9. The van der Waals surface area contributed by atoms with E-state index in [-0.39, 0.29) is 18.3 Å². The first-order chi connectivity index (χ1) is 14.8. The van der Waals surface area contributed by atoms with E-state index in [1.54, 1.807) is 36.4 Å². The van der Waals surface area contributed by atoms with Gasteiger partial charge in [-0.05, 0) is 54.8 Å². The molecule has 0 aromatic heterocycles. The number of nitrogens with one attached hydrogen (secondary N) is 1. The van der Waals surface area contributed by atoms with Crippen molar-refractivity contribution in [3.63, 3.8) is 0 Å². The Morgan fingerprint density at radius 3 is 2.32 bits per heavy atom. The van der Waals surface area contributed by atoms with Gasteiger partial charge in [0.15, 0.2) is 0 Å². The Morgan fingerprint density at radius 2 is 1.71 bits per heavy atom. The van der Waals surface area contributed by atoms with Crippen LogP contribution in [0.2, 0.25) is 0 Å². The third-order valence-electron chi connectivity index (χ3n) is 5.35. The van der Waals surface area contributed by atoms with Gasteiger partial charge in [-0.3, -0.25) is 9.10 Å². The molecule has 2 aromatic rings. The third-order valence-corrected chi connectivity index (χ3v) is 7.87. The monoisotopic (exact) mass is 464 g/mol. The number of benzene rings is 2. The number of nitrogens with zero attached hydrogens (tertiary/aromatic N) is 1.